The molecule has 0 saturated carbocycles. The Morgan fingerprint density at radius 2 is 1.75 bits per heavy atom. The maximum atomic E-state index is 3.67. The second kappa shape index (κ2) is 9.78. The van der Waals surface area contributed by atoms with Gasteiger partial charge in [0, 0.05) is 10.1 Å². The van der Waals surface area contributed by atoms with Gasteiger partial charge < -0.3 is 5.32 Å². The summed E-state index contributed by atoms with van der Waals surface area (Å²) >= 11 is 2.38. The lowest BCUT2D eigenvalue weighted by Crippen LogP contribution is -2.36. The molecule has 0 aliphatic rings. The van der Waals surface area contributed by atoms with Crippen molar-refractivity contribution in [3.05, 3.63) is 33.4 Å². The third kappa shape index (κ3) is 6.13. The van der Waals surface area contributed by atoms with E-state index in [-0.39, 0.29) is 0 Å². The van der Waals surface area contributed by atoms with Crippen molar-refractivity contribution in [2.24, 2.45) is 5.41 Å². The normalized spacial score (nSPS) is 14.2. The second-order valence-corrected chi connectivity index (χ2v) is 7.18. The summed E-state index contributed by atoms with van der Waals surface area (Å²) in [5.41, 5.74) is 1.92. The quantitative estimate of drug-likeness (QED) is 0.418. The summed E-state index contributed by atoms with van der Waals surface area (Å²) in [4.78, 5) is 0. The van der Waals surface area contributed by atoms with Gasteiger partial charge in [-0.1, -0.05) is 45.7 Å². The highest BCUT2D eigenvalue weighted by Gasteiger charge is 2.27. The second-order valence-electron chi connectivity index (χ2n) is 5.94. The highest BCUT2D eigenvalue weighted by Crippen LogP contribution is 2.32. The van der Waals surface area contributed by atoms with Crippen LogP contribution in [0.25, 0.3) is 0 Å². The Morgan fingerprint density at radius 3 is 2.30 bits per heavy atom. The van der Waals surface area contributed by atoms with E-state index < -0.39 is 0 Å². The lowest BCUT2D eigenvalue weighted by molar-refractivity contribution is 0.229. The minimum atomic E-state index is 0.429. The summed E-state index contributed by atoms with van der Waals surface area (Å²) in [7, 11) is 0. The van der Waals surface area contributed by atoms with Gasteiger partial charge in [0.25, 0.3) is 0 Å². The lowest BCUT2D eigenvalue weighted by Gasteiger charge is -2.34. The molecule has 0 radical (unpaired) electrons. The van der Waals surface area contributed by atoms with E-state index in [0.29, 0.717) is 5.41 Å². The first kappa shape index (κ1) is 18.0. The zero-order valence-corrected chi connectivity index (χ0v) is 15.5. The molecular weight excluding hydrogens is 357 g/mol. The van der Waals surface area contributed by atoms with E-state index in [2.05, 4.69) is 72.9 Å². The number of halogens is 1. The molecule has 1 nitrogen and oxygen atoms in total. The first-order valence-electron chi connectivity index (χ1n) is 8.11. The van der Waals surface area contributed by atoms with Crippen LogP contribution in [0.2, 0.25) is 0 Å². The predicted octanol–water partition coefficient (Wildman–Crippen LogP) is 5.42. The van der Waals surface area contributed by atoms with E-state index in [1.807, 2.05) is 0 Å². The van der Waals surface area contributed by atoms with Crippen LogP contribution >= 0.6 is 22.6 Å². The molecule has 0 aliphatic carbocycles. The molecule has 1 atom stereocenters. The number of nitrogens with one attached hydrogen (secondary N) is 1. The fourth-order valence-electron chi connectivity index (χ4n) is 2.78. The number of unbranched alkanes of at least 4 members (excludes halogenated alkanes) is 1. The summed E-state index contributed by atoms with van der Waals surface area (Å²) in [5.74, 6) is 0. The van der Waals surface area contributed by atoms with E-state index in [1.165, 1.54) is 47.7 Å². The van der Waals surface area contributed by atoms with Crippen LogP contribution in [0.15, 0.2) is 24.3 Å². The van der Waals surface area contributed by atoms with Gasteiger partial charge in [0.2, 0.25) is 0 Å². The van der Waals surface area contributed by atoms with E-state index in [4.69, 9.17) is 0 Å². The van der Waals surface area contributed by atoms with Gasteiger partial charge in [-0.05, 0) is 77.9 Å². The minimum absolute atomic E-state index is 0.429. The molecule has 1 unspecified atom stereocenters. The SMILES string of the molecule is CCCCC(CC)(CNCCC)Cc1ccc(I)cc1. The van der Waals surface area contributed by atoms with Gasteiger partial charge in [-0.25, -0.2) is 0 Å². The molecule has 0 fully saturated rings. The Bertz CT molecular complexity index is 360. The highest BCUT2D eigenvalue weighted by molar-refractivity contribution is 14.1. The molecule has 0 aliphatic heterocycles. The molecule has 0 spiro atoms. The number of rotatable bonds is 10. The maximum absolute atomic E-state index is 3.67. The van der Waals surface area contributed by atoms with Gasteiger partial charge in [-0.15, -0.1) is 0 Å². The molecular formula is C18H30IN. The first-order chi connectivity index (χ1) is 9.65. The maximum Gasteiger partial charge on any atom is 0.0130 e. The number of hydrogen-bond acceptors (Lipinski definition) is 1. The fraction of sp³-hybridized carbons (Fsp3) is 0.667. The van der Waals surface area contributed by atoms with E-state index in [0.717, 1.165) is 13.1 Å². The van der Waals surface area contributed by atoms with Crippen LogP contribution in [0.5, 0.6) is 0 Å². The molecule has 0 bridgehead atoms. The lowest BCUT2D eigenvalue weighted by atomic mass is 9.75. The Balaban J connectivity index is 2.75. The van der Waals surface area contributed by atoms with Crippen molar-refractivity contribution in [3.8, 4) is 0 Å². The van der Waals surface area contributed by atoms with Crippen molar-refractivity contribution in [3.63, 3.8) is 0 Å². The van der Waals surface area contributed by atoms with E-state index in [9.17, 15) is 0 Å². The van der Waals surface area contributed by atoms with Gasteiger partial charge in [0.15, 0.2) is 0 Å². The Hall–Kier alpha value is -0.0900. The van der Waals surface area contributed by atoms with Crippen molar-refractivity contribution in [1.29, 1.82) is 0 Å². The summed E-state index contributed by atoms with van der Waals surface area (Å²) in [6, 6.07) is 9.07. The smallest absolute Gasteiger partial charge is 0.0130 e. The molecule has 1 aromatic rings. The molecule has 1 aromatic carbocycles. The molecule has 20 heavy (non-hydrogen) atoms. The van der Waals surface area contributed by atoms with Crippen LogP contribution in [0.4, 0.5) is 0 Å². The Labute approximate surface area is 139 Å². The van der Waals surface area contributed by atoms with Crippen LogP contribution < -0.4 is 5.32 Å². The largest absolute Gasteiger partial charge is 0.316 e. The topological polar surface area (TPSA) is 12.0 Å². The Kier molecular flexibility index (Phi) is 8.78. The van der Waals surface area contributed by atoms with Crippen molar-refractivity contribution < 1.29 is 0 Å². The summed E-state index contributed by atoms with van der Waals surface area (Å²) in [6.07, 6.45) is 7.65. The van der Waals surface area contributed by atoms with Crippen molar-refractivity contribution in [1.82, 2.24) is 5.32 Å². The molecule has 1 rings (SSSR count). The standard InChI is InChI=1S/C18H30IN/c1-4-7-12-18(6-3,15-20-13-5-2)14-16-8-10-17(19)11-9-16/h8-11,20H,4-7,12-15H2,1-3H3. The molecule has 0 aromatic heterocycles. The zero-order valence-electron chi connectivity index (χ0n) is 13.3. The number of hydrogen-bond donors (Lipinski definition) is 1. The summed E-state index contributed by atoms with van der Waals surface area (Å²) in [5, 5.41) is 3.67. The van der Waals surface area contributed by atoms with E-state index in [1.54, 1.807) is 0 Å². The molecule has 0 amide bonds. The van der Waals surface area contributed by atoms with Crippen LogP contribution in [0.3, 0.4) is 0 Å². The van der Waals surface area contributed by atoms with Crippen LogP contribution in [-0.4, -0.2) is 13.1 Å². The van der Waals surface area contributed by atoms with Crippen LogP contribution in [0.1, 0.15) is 58.4 Å². The number of benzene rings is 1. The first-order valence-corrected chi connectivity index (χ1v) is 9.19. The van der Waals surface area contributed by atoms with Gasteiger partial charge >= 0.3 is 0 Å². The van der Waals surface area contributed by atoms with Gasteiger partial charge in [-0.2, -0.15) is 0 Å². The summed E-state index contributed by atoms with van der Waals surface area (Å²) in [6.45, 7) is 9.19. The van der Waals surface area contributed by atoms with E-state index >= 15 is 0 Å². The average Bonchev–Trinajstić information content (AvgIpc) is 2.47. The van der Waals surface area contributed by atoms with Crippen LogP contribution in [-0.2, 0) is 6.42 Å². The molecule has 0 heterocycles. The average molecular weight is 387 g/mol. The van der Waals surface area contributed by atoms with Gasteiger partial charge in [0.05, 0.1) is 0 Å². The van der Waals surface area contributed by atoms with Crippen molar-refractivity contribution in [2.75, 3.05) is 13.1 Å². The van der Waals surface area contributed by atoms with Crippen molar-refractivity contribution in [2.45, 2.75) is 59.3 Å². The third-order valence-corrected chi connectivity index (χ3v) is 4.95. The molecule has 0 saturated heterocycles. The Morgan fingerprint density at radius 1 is 1.05 bits per heavy atom. The van der Waals surface area contributed by atoms with Gasteiger partial charge in [0.1, 0.15) is 0 Å². The van der Waals surface area contributed by atoms with Crippen LogP contribution in [0, 0.1) is 8.99 Å². The fourth-order valence-corrected chi connectivity index (χ4v) is 3.14. The molecule has 1 N–H and O–H groups in total. The van der Waals surface area contributed by atoms with Gasteiger partial charge in [-0.3, -0.25) is 0 Å². The third-order valence-electron chi connectivity index (χ3n) is 4.23. The minimum Gasteiger partial charge on any atom is -0.316 e. The summed E-state index contributed by atoms with van der Waals surface area (Å²) < 4.78 is 1.33. The molecule has 114 valence electrons. The highest BCUT2D eigenvalue weighted by atomic mass is 127. The molecule has 2 heteroatoms. The zero-order chi connectivity index (χ0) is 14.8. The van der Waals surface area contributed by atoms with Crippen molar-refractivity contribution >= 4 is 22.6 Å². The predicted molar refractivity (Wildman–Crippen MR) is 98.3 cm³/mol. The monoisotopic (exact) mass is 387 g/mol.